The molecule has 1 heterocycles. The van der Waals surface area contributed by atoms with E-state index in [-0.39, 0.29) is 41.4 Å². The van der Waals surface area contributed by atoms with Crippen LogP contribution in [0.3, 0.4) is 0 Å². The van der Waals surface area contributed by atoms with Gasteiger partial charge in [0, 0.05) is 24.7 Å². The van der Waals surface area contributed by atoms with Crippen LogP contribution < -0.4 is 10.6 Å². The van der Waals surface area contributed by atoms with Crippen LogP contribution in [0.25, 0.3) is 0 Å². The van der Waals surface area contributed by atoms with Gasteiger partial charge in [0.25, 0.3) is 5.91 Å². The normalized spacial score (nSPS) is 17.4. The summed E-state index contributed by atoms with van der Waals surface area (Å²) in [4.78, 5) is 25.5. The second-order valence-electron chi connectivity index (χ2n) is 7.94. The molecule has 0 saturated carbocycles. The number of nitrogens with zero attached hydrogens (tertiary/aromatic N) is 1. The molecule has 1 aromatic carbocycles. The van der Waals surface area contributed by atoms with E-state index in [0.717, 1.165) is 12.8 Å². The quantitative estimate of drug-likeness (QED) is 0.610. The van der Waals surface area contributed by atoms with Crippen LogP contribution in [0.2, 0.25) is 0 Å². The van der Waals surface area contributed by atoms with Crippen LogP contribution >= 0.6 is 0 Å². The number of ether oxygens (including phenoxy) is 1. The minimum absolute atomic E-state index is 0.0163. The molecule has 2 amide bonds. The molecule has 1 aliphatic rings. The Morgan fingerprint density at radius 3 is 2.40 bits per heavy atom. The molecule has 30 heavy (non-hydrogen) atoms. The zero-order chi connectivity index (χ0) is 22.3. The molecule has 2 unspecified atom stereocenters. The lowest BCUT2D eigenvalue weighted by atomic mass is 10.0. The fraction of sp³-hybridized carbons (Fsp3) is 0.619. The molecule has 8 nitrogen and oxygen atoms in total. The van der Waals surface area contributed by atoms with Crippen LogP contribution in [0, 0.1) is 5.92 Å². The summed E-state index contributed by atoms with van der Waals surface area (Å²) in [7, 11) is -3.71. The maximum absolute atomic E-state index is 12.9. The molecule has 0 aliphatic carbocycles. The summed E-state index contributed by atoms with van der Waals surface area (Å²) in [6, 6.07) is 5.22. The third-order valence-electron chi connectivity index (χ3n) is 5.05. The second kappa shape index (κ2) is 10.9. The fourth-order valence-electron chi connectivity index (χ4n) is 3.33. The van der Waals surface area contributed by atoms with Crippen LogP contribution in [0.5, 0.6) is 0 Å². The van der Waals surface area contributed by atoms with Crippen molar-refractivity contribution in [2.45, 2.75) is 57.5 Å². The molecule has 9 heteroatoms. The second-order valence-corrected chi connectivity index (χ2v) is 9.88. The minimum atomic E-state index is -3.71. The van der Waals surface area contributed by atoms with Crippen molar-refractivity contribution in [3.63, 3.8) is 0 Å². The monoisotopic (exact) mass is 439 g/mol. The van der Waals surface area contributed by atoms with Gasteiger partial charge in [-0.1, -0.05) is 33.3 Å². The predicted molar refractivity (Wildman–Crippen MR) is 115 cm³/mol. The molecule has 0 radical (unpaired) electrons. The number of amides is 2. The predicted octanol–water partition coefficient (Wildman–Crippen LogP) is 1.77. The van der Waals surface area contributed by atoms with E-state index in [4.69, 9.17) is 4.74 Å². The average molecular weight is 440 g/mol. The number of hydrogen-bond acceptors (Lipinski definition) is 5. The van der Waals surface area contributed by atoms with Gasteiger partial charge < -0.3 is 15.4 Å². The first-order chi connectivity index (χ1) is 14.2. The summed E-state index contributed by atoms with van der Waals surface area (Å²) in [5, 5.41) is 5.69. The standard InChI is InChI=1S/C21H33N3O5S/c1-5-7-16(4)22-21(26)19(15(2)3)23-20(25)17-8-6-9-18(14-17)30(27,28)24-10-12-29-13-11-24/h6,8-9,14-16,19H,5,7,10-13H2,1-4H3,(H,22,26)(H,23,25). The van der Waals surface area contributed by atoms with Gasteiger partial charge in [0.05, 0.1) is 18.1 Å². The number of carbonyl (C=O) groups excluding carboxylic acids is 2. The number of carbonyl (C=O) groups is 2. The molecule has 1 saturated heterocycles. The van der Waals surface area contributed by atoms with Crippen molar-refractivity contribution in [2.75, 3.05) is 26.3 Å². The molecule has 1 aliphatic heterocycles. The summed E-state index contributed by atoms with van der Waals surface area (Å²) < 4.78 is 32.3. The number of rotatable bonds is 9. The Bertz CT molecular complexity index is 835. The number of benzene rings is 1. The molecular weight excluding hydrogens is 406 g/mol. The maximum atomic E-state index is 12.9. The first kappa shape index (κ1) is 24.3. The van der Waals surface area contributed by atoms with Gasteiger partial charge in [0.15, 0.2) is 0 Å². The molecule has 0 aromatic heterocycles. The first-order valence-electron chi connectivity index (χ1n) is 10.5. The lowest BCUT2D eigenvalue weighted by Crippen LogP contribution is -2.51. The lowest BCUT2D eigenvalue weighted by Gasteiger charge is -2.26. The Hall–Kier alpha value is -1.97. The molecule has 0 spiro atoms. The topological polar surface area (TPSA) is 105 Å². The number of hydrogen-bond donors (Lipinski definition) is 2. The van der Waals surface area contributed by atoms with Gasteiger partial charge >= 0.3 is 0 Å². The van der Waals surface area contributed by atoms with Crippen molar-refractivity contribution in [3.8, 4) is 0 Å². The summed E-state index contributed by atoms with van der Waals surface area (Å²) in [6.07, 6.45) is 1.80. The van der Waals surface area contributed by atoms with Crippen LogP contribution in [-0.4, -0.2) is 62.9 Å². The largest absolute Gasteiger partial charge is 0.379 e. The number of morpholine rings is 1. The van der Waals surface area contributed by atoms with Crippen molar-refractivity contribution in [1.82, 2.24) is 14.9 Å². The van der Waals surface area contributed by atoms with E-state index >= 15 is 0 Å². The molecule has 1 fully saturated rings. The Morgan fingerprint density at radius 2 is 1.80 bits per heavy atom. The van der Waals surface area contributed by atoms with E-state index in [1.54, 1.807) is 6.07 Å². The van der Waals surface area contributed by atoms with Crippen LogP contribution in [0.1, 0.15) is 50.9 Å². The van der Waals surface area contributed by atoms with Gasteiger partial charge in [-0.15, -0.1) is 0 Å². The smallest absolute Gasteiger partial charge is 0.251 e. The van der Waals surface area contributed by atoms with Crippen LogP contribution in [0.4, 0.5) is 0 Å². The zero-order valence-electron chi connectivity index (χ0n) is 18.2. The van der Waals surface area contributed by atoms with E-state index in [9.17, 15) is 18.0 Å². The summed E-state index contributed by atoms with van der Waals surface area (Å²) in [6.45, 7) is 8.95. The highest BCUT2D eigenvalue weighted by molar-refractivity contribution is 7.89. The highest BCUT2D eigenvalue weighted by atomic mass is 32.2. The molecule has 2 N–H and O–H groups in total. The van der Waals surface area contributed by atoms with Crippen LogP contribution in [0.15, 0.2) is 29.2 Å². The minimum Gasteiger partial charge on any atom is -0.379 e. The summed E-state index contributed by atoms with van der Waals surface area (Å²) >= 11 is 0. The summed E-state index contributed by atoms with van der Waals surface area (Å²) in [5.74, 6) is -0.842. The van der Waals surface area contributed by atoms with E-state index in [1.807, 2.05) is 27.7 Å². The van der Waals surface area contributed by atoms with Gasteiger partial charge in [-0.2, -0.15) is 4.31 Å². The van der Waals surface area contributed by atoms with Crippen molar-refractivity contribution < 1.29 is 22.7 Å². The van der Waals surface area contributed by atoms with Crippen molar-refractivity contribution in [1.29, 1.82) is 0 Å². The van der Waals surface area contributed by atoms with Gasteiger partial charge in [0.1, 0.15) is 6.04 Å². The highest BCUT2D eigenvalue weighted by Crippen LogP contribution is 2.18. The molecule has 168 valence electrons. The van der Waals surface area contributed by atoms with Crippen LogP contribution in [-0.2, 0) is 19.6 Å². The zero-order valence-corrected chi connectivity index (χ0v) is 19.0. The van der Waals surface area contributed by atoms with E-state index in [1.165, 1.54) is 22.5 Å². The lowest BCUT2D eigenvalue weighted by molar-refractivity contribution is -0.124. The number of sulfonamides is 1. The van der Waals surface area contributed by atoms with E-state index < -0.39 is 22.0 Å². The van der Waals surface area contributed by atoms with Gasteiger partial charge in [-0.3, -0.25) is 9.59 Å². The number of nitrogens with one attached hydrogen (secondary N) is 2. The molecule has 0 bridgehead atoms. The first-order valence-corrected chi connectivity index (χ1v) is 11.9. The van der Waals surface area contributed by atoms with E-state index in [2.05, 4.69) is 10.6 Å². The SMILES string of the molecule is CCCC(C)NC(=O)C(NC(=O)c1cccc(S(=O)(=O)N2CCOCC2)c1)C(C)C. The Kier molecular flexibility index (Phi) is 8.81. The Labute approximate surface area is 179 Å². The van der Waals surface area contributed by atoms with E-state index in [0.29, 0.717) is 13.2 Å². The van der Waals surface area contributed by atoms with Crippen molar-refractivity contribution in [2.24, 2.45) is 5.92 Å². The molecule has 2 atom stereocenters. The molecule has 1 aromatic rings. The molecule has 2 rings (SSSR count). The Morgan fingerprint density at radius 1 is 1.13 bits per heavy atom. The average Bonchev–Trinajstić information content (AvgIpc) is 2.72. The fourth-order valence-corrected chi connectivity index (χ4v) is 4.79. The third-order valence-corrected chi connectivity index (χ3v) is 6.94. The van der Waals surface area contributed by atoms with Crippen molar-refractivity contribution >= 4 is 21.8 Å². The van der Waals surface area contributed by atoms with Gasteiger partial charge in [-0.25, -0.2) is 8.42 Å². The Balaban J connectivity index is 2.15. The maximum Gasteiger partial charge on any atom is 0.251 e. The van der Waals surface area contributed by atoms with Gasteiger partial charge in [0.2, 0.25) is 15.9 Å². The summed E-state index contributed by atoms with van der Waals surface area (Å²) in [5.41, 5.74) is 0.199. The van der Waals surface area contributed by atoms with Gasteiger partial charge in [-0.05, 0) is 37.5 Å². The van der Waals surface area contributed by atoms with Crippen molar-refractivity contribution in [3.05, 3.63) is 29.8 Å². The third kappa shape index (κ3) is 6.26. The molecular formula is C21H33N3O5S. The highest BCUT2D eigenvalue weighted by Gasteiger charge is 2.28.